The molecular formula is C18H19ClN2O3S. The van der Waals surface area contributed by atoms with E-state index in [-0.39, 0.29) is 23.5 Å². The molecule has 2 heterocycles. The van der Waals surface area contributed by atoms with Gasteiger partial charge in [-0.3, -0.25) is 9.78 Å². The quantitative estimate of drug-likeness (QED) is 0.819. The minimum absolute atomic E-state index is 0.0186. The number of sulfone groups is 1. The Morgan fingerprint density at radius 1 is 1.24 bits per heavy atom. The minimum Gasteiger partial charge on any atom is -0.341 e. The average molecular weight is 379 g/mol. The van der Waals surface area contributed by atoms with Gasteiger partial charge in [0.25, 0.3) is 0 Å². The summed E-state index contributed by atoms with van der Waals surface area (Å²) < 4.78 is 23.5. The molecule has 1 aliphatic heterocycles. The van der Waals surface area contributed by atoms with Gasteiger partial charge in [0.2, 0.25) is 5.91 Å². The number of aromatic nitrogens is 1. The highest BCUT2D eigenvalue weighted by Gasteiger charge is 2.36. The third-order valence-electron chi connectivity index (χ3n) is 4.54. The molecule has 1 saturated heterocycles. The van der Waals surface area contributed by atoms with Crippen molar-refractivity contribution in [2.45, 2.75) is 18.4 Å². The molecule has 1 aromatic heterocycles. The minimum atomic E-state index is -3.06. The summed E-state index contributed by atoms with van der Waals surface area (Å²) in [6.07, 6.45) is 2.12. The summed E-state index contributed by atoms with van der Waals surface area (Å²) in [5.41, 5.74) is 1.41. The summed E-state index contributed by atoms with van der Waals surface area (Å²) in [6, 6.07) is 12.2. The van der Waals surface area contributed by atoms with Gasteiger partial charge in [0.15, 0.2) is 9.84 Å². The van der Waals surface area contributed by atoms with Crippen LogP contribution < -0.4 is 0 Å². The van der Waals surface area contributed by atoms with Crippen molar-refractivity contribution in [3.8, 4) is 0 Å². The molecule has 2 aromatic rings. The lowest BCUT2D eigenvalue weighted by molar-refractivity contribution is -0.132. The Morgan fingerprint density at radius 2 is 1.96 bits per heavy atom. The number of hydrogen-bond donors (Lipinski definition) is 0. The number of rotatable bonds is 4. The topological polar surface area (TPSA) is 67.3 Å². The highest BCUT2D eigenvalue weighted by molar-refractivity contribution is 7.91. The largest absolute Gasteiger partial charge is 0.341 e. The van der Waals surface area contributed by atoms with E-state index >= 15 is 0 Å². The number of carbonyl (C=O) groups excluding carboxylic acids is 1. The smallest absolute Gasteiger partial charge is 0.236 e. The first kappa shape index (κ1) is 17.9. The average Bonchev–Trinajstić information content (AvgIpc) is 2.97. The molecule has 1 aliphatic rings. The maximum atomic E-state index is 13.2. The van der Waals surface area contributed by atoms with Crippen LogP contribution in [0.15, 0.2) is 48.7 Å². The van der Waals surface area contributed by atoms with Gasteiger partial charge in [-0.1, -0.05) is 29.8 Å². The third kappa shape index (κ3) is 4.02. The van der Waals surface area contributed by atoms with Crippen LogP contribution in [0.25, 0.3) is 0 Å². The fourth-order valence-electron chi connectivity index (χ4n) is 3.11. The number of nitrogens with zero attached hydrogens (tertiary/aromatic N) is 2. The lowest BCUT2D eigenvalue weighted by Gasteiger charge is -2.28. The van der Waals surface area contributed by atoms with Gasteiger partial charge in [0.05, 0.1) is 17.2 Å². The molecule has 1 aromatic carbocycles. The van der Waals surface area contributed by atoms with E-state index in [0.29, 0.717) is 17.1 Å². The Balaban J connectivity index is 1.94. The summed E-state index contributed by atoms with van der Waals surface area (Å²) in [4.78, 5) is 19.1. The van der Waals surface area contributed by atoms with Crippen LogP contribution in [0.5, 0.6) is 0 Å². The van der Waals surface area contributed by atoms with Crippen LogP contribution in [0, 0.1) is 0 Å². The van der Waals surface area contributed by atoms with Gasteiger partial charge in [0, 0.05) is 24.3 Å². The summed E-state index contributed by atoms with van der Waals surface area (Å²) in [5, 5.41) is 0.589. The lowest BCUT2D eigenvalue weighted by atomic mass is 9.93. The second kappa shape index (κ2) is 7.14. The van der Waals surface area contributed by atoms with Crippen LogP contribution in [-0.2, 0) is 14.6 Å². The number of amides is 1. The molecule has 0 spiro atoms. The van der Waals surface area contributed by atoms with Crippen molar-refractivity contribution >= 4 is 27.3 Å². The van der Waals surface area contributed by atoms with Gasteiger partial charge in [-0.25, -0.2) is 8.42 Å². The highest BCUT2D eigenvalue weighted by atomic mass is 35.5. The molecule has 0 bridgehead atoms. The van der Waals surface area contributed by atoms with Crippen LogP contribution in [-0.4, -0.2) is 48.8 Å². The maximum Gasteiger partial charge on any atom is 0.236 e. The van der Waals surface area contributed by atoms with Gasteiger partial charge < -0.3 is 4.90 Å². The number of likely N-dealkylation sites (N-methyl/N-ethyl adjacent to an activating group) is 1. The monoisotopic (exact) mass is 378 g/mol. The fraction of sp³-hybridized carbons (Fsp3) is 0.333. The van der Waals surface area contributed by atoms with E-state index in [4.69, 9.17) is 11.6 Å². The molecular weight excluding hydrogens is 360 g/mol. The van der Waals surface area contributed by atoms with Gasteiger partial charge in [-0.15, -0.1) is 0 Å². The summed E-state index contributed by atoms with van der Waals surface area (Å²) in [5.74, 6) is -0.607. The zero-order chi connectivity index (χ0) is 18.0. The molecule has 3 rings (SSSR count). The van der Waals surface area contributed by atoms with Crippen LogP contribution >= 0.6 is 11.6 Å². The SMILES string of the molecule is CN(C(=O)C(c1ccc(Cl)cc1)c1ccccn1)C1CCS(=O)(=O)C1. The molecule has 1 amide bonds. The van der Waals surface area contributed by atoms with Crippen molar-refractivity contribution in [1.29, 1.82) is 0 Å². The Labute approximate surface area is 152 Å². The molecule has 0 aliphatic carbocycles. The van der Waals surface area contributed by atoms with E-state index in [2.05, 4.69) is 4.98 Å². The van der Waals surface area contributed by atoms with Crippen molar-refractivity contribution in [2.24, 2.45) is 0 Å². The normalized spacial score (nSPS) is 20.2. The van der Waals surface area contributed by atoms with Crippen LogP contribution in [0.4, 0.5) is 0 Å². The predicted octanol–water partition coefficient (Wildman–Crippen LogP) is 2.51. The Kier molecular flexibility index (Phi) is 5.11. The van der Waals surface area contributed by atoms with Gasteiger partial charge in [0.1, 0.15) is 5.92 Å². The lowest BCUT2D eigenvalue weighted by Crippen LogP contribution is -2.41. The van der Waals surface area contributed by atoms with Crippen molar-refractivity contribution < 1.29 is 13.2 Å². The summed E-state index contributed by atoms with van der Waals surface area (Å²) in [6.45, 7) is 0. The van der Waals surface area contributed by atoms with Crippen molar-refractivity contribution in [2.75, 3.05) is 18.6 Å². The Morgan fingerprint density at radius 3 is 2.52 bits per heavy atom. The summed E-state index contributed by atoms with van der Waals surface area (Å²) >= 11 is 5.96. The molecule has 132 valence electrons. The van der Waals surface area contributed by atoms with E-state index in [1.807, 2.05) is 6.07 Å². The number of benzene rings is 1. The molecule has 0 N–H and O–H groups in total. The number of halogens is 1. The molecule has 1 fully saturated rings. The fourth-order valence-corrected chi connectivity index (χ4v) is 5.01. The predicted molar refractivity (Wildman–Crippen MR) is 97.4 cm³/mol. The number of hydrogen-bond acceptors (Lipinski definition) is 4. The van der Waals surface area contributed by atoms with E-state index in [1.165, 1.54) is 0 Å². The Hall–Kier alpha value is -1.92. The third-order valence-corrected chi connectivity index (χ3v) is 6.54. The molecule has 7 heteroatoms. The number of pyridine rings is 1. The molecule has 0 saturated carbocycles. The van der Waals surface area contributed by atoms with Crippen molar-refractivity contribution in [3.05, 3.63) is 64.9 Å². The van der Waals surface area contributed by atoms with Gasteiger partial charge in [-0.05, 0) is 36.2 Å². The van der Waals surface area contributed by atoms with Crippen molar-refractivity contribution in [3.63, 3.8) is 0 Å². The molecule has 25 heavy (non-hydrogen) atoms. The van der Waals surface area contributed by atoms with Crippen molar-refractivity contribution in [1.82, 2.24) is 9.88 Å². The van der Waals surface area contributed by atoms with E-state index in [1.54, 1.807) is 54.5 Å². The first-order valence-corrected chi connectivity index (χ1v) is 10.2. The first-order valence-electron chi connectivity index (χ1n) is 8.01. The zero-order valence-corrected chi connectivity index (χ0v) is 15.4. The molecule has 5 nitrogen and oxygen atoms in total. The van der Waals surface area contributed by atoms with E-state index in [9.17, 15) is 13.2 Å². The van der Waals surface area contributed by atoms with E-state index in [0.717, 1.165) is 5.56 Å². The van der Waals surface area contributed by atoms with E-state index < -0.39 is 15.8 Å². The van der Waals surface area contributed by atoms with Gasteiger partial charge in [-0.2, -0.15) is 0 Å². The second-order valence-electron chi connectivity index (χ2n) is 6.25. The number of carbonyl (C=O) groups is 1. The second-order valence-corrected chi connectivity index (χ2v) is 8.91. The molecule has 0 radical (unpaired) electrons. The van der Waals surface area contributed by atoms with Crippen LogP contribution in [0.3, 0.4) is 0 Å². The zero-order valence-electron chi connectivity index (χ0n) is 13.8. The first-order chi connectivity index (χ1) is 11.9. The van der Waals surface area contributed by atoms with Crippen LogP contribution in [0.2, 0.25) is 5.02 Å². The highest BCUT2D eigenvalue weighted by Crippen LogP contribution is 2.28. The molecule has 2 unspecified atom stereocenters. The molecule has 2 atom stereocenters. The standard InChI is InChI=1S/C18H19ClN2O3S/c1-21(15-9-11-25(23,24)12-15)18(22)17(16-4-2-3-10-20-16)13-5-7-14(19)8-6-13/h2-8,10,15,17H,9,11-12H2,1H3. The summed E-state index contributed by atoms with van der Waals surface area (Å²) in [7, 11) is -1.40. The maximum absolute atomic E-state index is 13.2. The van der Waals surface area contributed by atoms with Crippen LogP contribution in [0.1, 0.15) is 23.6 Å². The Bertz CT molecular complexity index is 854. The van der Waals surface area contributed by atoms with Gasteiger partial charge >= 0.3 is 0 Å².